The van der Waals surface area contributed by atoms with Crippen LogP contribution in [-0.4, -0.2) is 6.71 Å². The smallest absolute Gasteiger partial charge is 0.252 e. The summed E-state index contributed by atoms with van der Waals surface area (Å²) >= 11 is 0. The molecule has 4 heteroatoms. The molecule has 0 spiro atoms. The molecular weight excluding hydrogens is 930 g/mol. The SMILES string of the molecule is CC(C)(C)c1ccc(N2c3ccc(C(C)(C)C)cc3B3c4ccc(N5c6ccc(C(C)(C)C)cc6C6(c7ccccc7)CCc7ccccc7C56C)cc4N(c4ccc(C(C)(C)C)cc4)c4cc(C(C)(C)C)cc2c43)cc1. The molecule has 0 N–H and O–H groups in total. The van der Waals surface area contributed by atoms with Crippen molar-refractivity contribution in [3.8, 4) is 0 Å². The van der Waals surface area contributed by atoms with Crippen molar-refractivity contribution in [2.24, 2.45) is 0 Å². The van der Waals surface area contributed by atoms with Gasteiger partial charge in [-0.1, -0.05) is 213 Å². The molecule has 0 amide bonds. The van der Waals surface area contributed by atoms with Gasteiger partial charge in [0, 0.05) is 45.5 Å². The third-order valence-corrected chi connectivity index (χ3v) is 18.4. The summed E-state index contributed by atoms with van der Waals surface area (Å²) in [7, 11) is 0. The molecule has 0 aromatic heterocycles. The van der Waals surface area contributed by atoms with Crippen LogP contribution in [0.25, 0.3) is 0 Å². The van der Waals surface area contributed by atoms with Gasteiger partial charge in [-0.2, -0.15) is 0 Å². The van der Waals surface area contributed by atoms with E-state index in [4.69, 9.17) is 0 Å². The van der Waals surface area contributed by atoms with Gasteiger partial charge in [-0.25, -0.2) is 0 Å². The second-order valence-electron chi connectivity index (χ2n) is 28.5. The Hall–Kier alpha value is -6.78. The van der Waals surface area contributed by atoms with Gasteiger partial charge in [0.1, 0.15) is 0 Å². The number of nitrogens with zero attached hydrogens (tertiary/aromatic N) is 3. The van der Waals surface area contributed by atoms with E-state index in [2.05, 4.69) is 295 Å². The zero-order valence-corrected chi connectivity index (χ0v) is 49.0. The van der Waals surface area contributed by atoms with E-state index in [1.165, 1.54) is 112 Å². The fourth-order valence-corrected chi connectivity index (χ4v) is 14.0. The predicted molar refractivity (Wildman–Crippen MR) is 332 cm³/mol. The van der Waals surface area contributed by atoms with Gasteiger partial charge in [0.25, 0.3) is 6.71 Å². The van der Waals surface area contributed by atoms with Gasteiger partial charge in [0.2, 0.25) is 0 Å². The molecule has 2 unspecified atom stereocenters. The minimum atomic E-state index is -0.475. The highest BCUT2D eigenvalue weighted by Gasteiger charge is 2.63. The molecule has 8 aromatic carbocycles. The van der Waals surface area contributed by atoms with Crippen LogP contribution in [0.15, 0.2) is 170 Å². The average molecular weight is 1010 g/mol. The van der Waals surface area contributed by atoms with E-state index in [0.717, 1.165) is 12.8 Å². The van der Waals surface area contributed by atoms with Gasteiger partial charge in [0.05, 0.1) is 11.0 Å². The number of fused-ring (bicyclic) bond motifs is 9. The highest BCUT2D eigenvalue weighted by atomic mass is 15.3. The summed E-state index contributed by atoms with van der Waals surface area (Å²) in [5, 5.41) is 0. The van der Waals surface area contributed by atoms with E-state index in [1.807, 2.05) is 0 Å². The predicted octanol–water partition coefficient (Wildman–Crippen LogP) is 17.6. The largest absolute Gasteiger partial charge is 0.330 e. The first-order valence-corrected chi connectivity index (χ1v) is 28.6. The number of anilines is 8. The van der Waals surface area contributed by atoms with E-state index in [-0.39, 0.29) is 39.2 Å². The summed E-state index contributed by atoms with van der Waals surface area (Å²) in [6, 6.07) is 67.4. The molecule has 0 saturated carbocycles. The summed E-state index contributed by atoms with van der Waals surface area (Å²) in [5.41, 5.74) is 25.2. The highest BCUT2D eigenvalue weighted by molar-refractivity contribution is 7.00. The second-order valence-corrected chi connectivity index (χ2v) is 28.5. The summed E-state index contributed by atoms with van der Waals surface area (Å²) in [5.74, 6) is 0. The number of hydrogen-bond donors (Lipinski definition) is 0. The topological polar surface area (TPSA) is 9.72 Å². The molecule has 4 aliphatic rings. The Morgan fingerprint density at radius 2 is 0.857 bits per heavy atom. The molecule has 390 valence electrons. The molecule has 2 atom stereocenters. The van der Waals surface area contributed by atoms with E-state index < -0.39 is 5.54 Å². The van der Waals surface area contributed by atoms with Crippen LogP contribution in [0.5, 0.6) is 0 Å². The Bertz CT molecular complexity index is 3630. The molecule has 8 aromatic rings. The van der Waals surface area contributed by atoms with Crippen LogP contribution in [0.4, 0.5) is 45.5 Å². The molecule has 0 saturated heterocycles. The first-order chi connectivity index (χ1) is 36.2. The Balaban J connectivity index is 1.18. The molecule has 0 fully saturated rings. The summed E-state index contributed by atoms with van der Waals surface area (Å²) in [6.45, 7) is 37.7. The summed E-state index contributed by atoms with van der Waals surface area (Å²) < 4.78 is 0. The van der Waals surface area contributed by atoms with Crippen molar-refractivity contribution in [3.05, 3.63) is 220 Å². The van der Waals surface area contributed by atoms with E-state index >= 15 is 0 Å². The lowest BCUT2D eigenvalue weighted by Crippen LogP contribution is -2.61. The Morgan fingerprint density at radius 3 is 1.42 bits per heavy atom. The molecule has 0 bridgehead atoms. The van der Waals surface area contributed by atoms with Gasteiger partial charge in [-0.15, -0.1) is 0 Å². The molecule has 12 rings (SSSR count). The third kappa shape index (κ3) is 7.80. The number of benzene rings is 8. The number of aryl methyl sites for hydroxylation is 1. The van der Waals surface area contributed by atoms with Gasteiger partial charge in [0.15, 0.2) is 0 Å². The first-order valence-electron chi connectivity index (χ1n) is 28.6. The lowest BCUT2D eigenvalue weighted by atomic mass is 9.33. The van der Waals surface area contributed by atoms with Crippen LogP contribution in [0, 0.1) is 0 Å². The number of hydrogen-bond acceptors (Lipinski definition) is 3. The van der Waals surface area contributed by atoms with Gasteiger partial charge >= 0.3 is 0 Å². The normalized spacial score (nSPS) is 18.8. The minimum absolute atomic E-state index is 0.00636. The average Bonchev–Trinajstić information content (AvgIpc) is 3.60. The summed E-state index contributed by atoms with van der Waals surface area (Å²) in [6.07, 6.45) is 2.02. The lowest BCUT2D eigenvalue weighted by Gasteiger charge is -2.53. The maximum absolute atomic E-state index is 2.78. The molecule has 3 aliphatic heterocycles. The van der Waals surface area contributed by atoms with Crippen molar-refractivity contribution < 1.29 is 0 Å². The van der Waals surface area contributed by atoms with E-state index in [1.54, 1.807) is 0 Å². The molecule has 3 nitrogen and oxygen atoms in total. The fraction of sp³-hybridized carbons (Fsp3) is 0.342. The zero-order chi connectivity index (χ0) is 54.6. The van der Waals surface area contributed by atoms with Gasteiger partial charge in [-0.3, -0.25) is 0 Å². The van der Waals surface area contributed by atoms with Crippen LogP contribution in [0.2, 0.25) is 0 Å². The monoisotopic (exact) mass is 1010 g/mol. The van der Waals surface area contributed by atoms with Crippen LogP contribution in [0.1, 0.15) is 167 Å². The molecule has 1 aliphatic carbocycles. The molecule has 77 heavy (non-hydrogen) atoms. The molecule has 3 heterocycles. The van der Waals surface area contributed by atoms with Crippen molar-refractivity contribution in [1.29, 1.82) is 0 Å². The first kappa shape index (κ1) is 51.0. The van der Waals surface area contributed by atoms with Crippen molar-refractivity contribution in [1.82, 2.24) is 0 Å². The zero-order valence-electron chi connectivity index (χ0n) is 49.0. The Morgan fingerprint density at radius 1 is 0.377 bits per heavy atom. The van der Waals surface area contributed by atoms with Crippen molar-refractivity contribution in [3.63, 3.8) is 0 Å². The van der Waals surface area contributed by atoms with Crippen LogP contribution in [0.3, 0.4) is 0 Å². The maximum Gasteiger partial charge on any atom is 0.252 e. The Labute approximate surface area is 462 Å². The van der Waals surface area contributed by atoms with E-state index in [9.17, 15) is 0 Å². The lowest BCUT2D eigenvalue weighted by molar-refractivity contribution is 0.270. The van der Waals surface area contributed by atoms with Crippen molar-refractivity contribution >= 4 is 68.6 Å². The van der Waals surface area contributed by atoms with Crippen LogP contribution >= 0.6 is 0 Å². The van der Waals surface area contributed by atoms with Gasteiger partial charge < -0.3 is 14.7 Å². The maximum atomic E-state index is 2.78. The standard InChI is InChI=1S/C73H80BN3/c1-67(2,3)48-26-32-54(33-27-48)75-62-39-31-52(70(10,11)12)43-60(62)74-59-37-36-56(46-63(59)76(55-34-28-49(29-35-55)68(4,5)6)65-45-53(71(13,14)15)44-64(75)66(65)74)77-61-38-30-51(69(7,8)9)42-58(61)73(50-23-18-17-19-24-50)41-40-47-22-20-21-25-57(47)72(73,77)16/h17-39,42-46H,40-41H2,1-16H3. The summed E-state index contributed by atoms with van der Waals surface area (Å²) in [4.78, 5) is 8.02. The highest BCUT2D eigenvalue weighted by Crippen LogP contribution is 2.67. The quantitative estimate of drug-likeness (QED) is 0.163. The van der Waals surface area contributed by atoms with Gasteiger partial charge in [-0.05, 0) is 174 Å². The molecule has 0 radical (unpaired) electrons. The van der Waals surface area contributed by atoms with Crippen molar-refractivity contribution in [2.75, 3.05) is 14.7 Å². The second kappa shape index (κ2) is 17.1. The van der Waals surface area contributed by atoms with E-state index in [0.29, 0.717) is 0 Å². The minimum Gasteiger partial charge on any atom is -0.330 e. The van der Waals surface area contributed by atoms with Crippen molar-refractivity contribution in [2.45, 2.75) is 162 Å². The third-order valence-electron chi connectivity index (χ3n) is 18.4. The van der Waals surface area contributed by atoms with Crippen LogP contribution < -0.4 is 31.1 Å². The molecular formula is C73H80BN3. The van der Waals surface area contributed by atoms with Crippen LogP contribution in [-0.2, 0) is 44.4 Å². The fourth-order valence-electron chi connectivity index (χ4n) is 14.0. The number of rotatable bonds is 4. The Kier molecular flexibility index (Phi) is 11.3.